The van der Waals surface area contributed by atoms with Gasteiger partial charge in [0.25, 0.3) is 0 Å². The Balaban J connectivity index is 1.72. The Kier molecular flexibility index (Phi) is 3.65. The summed E-state index contributed by atoms with van der Waals surface area (Å²) in [5.41, 5.74) is -2.05. The Bertz CT molecular complexity index is 654. The molecule has 4 aliphatic carbocycles. The van der Waals surface area contributed by atoms with Crippen LogP contribution in [0.15, 0.2) is 0 Å². The van der Waals surface area contributed by atoms with Crippen molar-refractivity contribution in [2.24, 2.45) is 34.5 Å². The van der Waals surface area contributed by atoms with Gasteiger partial charge in [0.1, 0.15) is 17.2 Å². The number of aliphatic hydroxyl groups is 1. The zero-order valence-electron chi connectivity index (χ0n) is 15.6. The van der Waals surface area contributed by atoms with E-state index in [4.69, 9.17) is 0 Å². The van der Waals surface area contributed by atoms with Crippen LogP contribution < -0.4 is 0 Å². The van der Waals surface area contributed by atoms with E-state index in [0.29, 0.717) is 37.4 Å². The number of fused-ring (bicyclic) bond motifs is 5. The van der Waals surface area contributed by atoms with Crippen LogP contribution in [-0.4, -0.2) is 28.1 Å². The predicted molar refractivity (Wildman–Crippen MR) is 92.8 cm³/mol. The Morgan fingerprint density at radius 2 is 1.84 bits per heavy atom. The largest absolute Gasteiger partial charge is 0.381 e. The van der Waals surface area contributed by atoms with Gasteiger partial charge in [0.2, 0.25) is 0 Å². The van der Waals surface area contributed by atoms with Crippen LogP contribution in [0.4, 0.5) is 0 Å². The summed E-state index contributed by atoms with van der Waals surface area (Å²) in [7, 11) is 0. The maximum atomic E-state index is 13.3. The van der Waals surface area contributed by atoms with E-state index in [1.807, 2.05) is 6.92 Å². The van der Waals surface area contributed by atoms with Gasteiger partial charge in [0, 0.05) is 30.6 Å². The summed E-state index contributed by atoms with van der Waals surface area (Å²) in [4.78, 5) is 37.5. The SMILES string of the molecule is CC(=O)[C@@]1(O)CC[C@@H]2[C@@H]3CC[C@H]4CC(=O)CC[C@]4(C)[C@@H]3C(=O)C[C@@]21C. The van der Waals surface area contributed by atoms with Gasteiger partial charge in [-0.05, 0) is 62.2 Å². The molecule has 138 valence electrons. The van der Waals surface area contributed by atoms with Crippen molar-refractivity contribution in [2.45, 2.75) is 77.7 Å². The highest BCUT2D eigenvalue weighted by Crippen LogP contribution is 2.67. The summed E-state index contributed by atoms with van der Waals surface area (Å²) in [6.45, 7) is 5.67. The molecule has 0 unspecified atom stereocenters. The van der Waals surface area contributed by atoms with Crippen LogP contribution >= 0.6 is 0 Å². The summed E-state index contributed by atoms with van der Waals surface area (Å²) in [6, 6.07) is 0. The fourth-order valence-electron chi connectivity index (χ4n) is 7.44. The highest BCUT2D eigenvalue weighted by Gasteiger charge is 2.68. The highest BCUT2D eigenvalue weighted by molar-refractivity contribution is 5.90. The van der Waals surface area contributed by atoms with Gasteiger partial charge in [0.05, 0.1) is 0 Å². The molecule has 4 aliphatic rings. The van der Waals surface area contributed by atoms with Crippen molar-refractivity contribution in [3.05, 3.63) is 0 Å². The lowest BCUT2D eigenvalue weighted by Crippen LogP contribution is -2.61. The molecule has 0 aromatic carbocycles. The second-order valence-corrected chi connectivity index (χ2v) is 9.79. The summed E-state index contributed by atoms with van der Waals surface area (Å²) in [5.74, 6) is 1.22. The molecule has 0 heterocycles. The molecule has 0 spiro atoms. The first-order chi connectivity index (χ1) is 11.6. The minimum atomic E-state index is -1.35. The summed E-state index contributed by atoms with van der Waals surface area (Å²) >= 11 is 0. The first-order valence-corrected chi connectivity index (χ1v) is 9.91. The first-order valence-electron chi connectivity index (χ1n) is 9.91. The standard InChI is InChI=1S/C21H30O4/c1-12(22)21(25)9-7-16-15-5-4-13-10-14(23)6-8-19(13,2)18(15)17(24)11-20(16,21)3/h13,15-16,18,25H,4-11H2,1-3H3/t13-,15-,16+,18-,19-,20-,21-/m0/s1. The smallest absolute Gasteiger partial charge is 0.161 e. The van der Waals surface area contributed by atoms with Crippen molar-refractivity contribution < 1.29 is 19.5 Å². The molecule has 0 radical (unpaired) electrons. The molecule has 7 atom stereocenters. The molecule has 1 N–H and O–H groups in total. The molecule has 0 aromatic heterocycles. The molecule has 0 bridgehead atoms. The normalized spacial score (nSPS) is 52.3. The zero-order chi connectivity index (χ0) is 18.2. The topological polar surface area (TPSA) is 71.4 Å². The molecule has 0 amide bonds. The maximum absolute atomic E-state index is 13.3. The van der Waals surface area contributed by atoms with E-state index in [0.717, 1.165) is 25.7 Å². The lowest BCUT2D eigenvalue weighted by atomic mass is 9.44. The average molecular weight is 346 g/mol. The monoisotopic (exact) mass is 346 g/mol. The van der Waals surface area contributed by atoms with Crippen molar-refractivity contribution in [1.29, 1.82) is 0 Å². The Labute approximate surface area is 149 Å². The molecule has 0 saturated heterocycles. The molecule has 4 rings (SSSR count). The van der Waals surface area contributed by atoms with Gasteiger partial charge in [-0.3, -0.25) is 14.4 Å². The van der Waals surface area contributed by atoms with Gasteiger partial charge < -0.3 is 5.11 Å². The van der Waals surface area contributed by atoms with Crippen LogP contribution in [0.25, 0.3) is 0 Å². The number of carbonyl (C=O) groups excluding carboxylic acids is 3. The van der Waals surface area contributed by atoms with Gasteiger partial charge in [-0.15, -0.1) is 0 Å². The molecule has 4 heteroatoms. The fourth-order valence-corrected chi connectivity index (χ4v) is 7.44. The molecule has 4 fully saturated rings. The van der Waals surface area contributed by atoms with Crippen LogP contribution in [0.5, 0.6) is 0 Å². The summed E-state index contributed by atoms with van der Waals surface area (Å²) in [6.07, 6.45) is 5.64. The molecule has 4 nitrogen and oxygen atoms in total. The van der Waals surface area contributed by atoms with Gasteiger partial charge in [-0.2, -0.15) is 0 Å². The van der Waals surface area contributed by atoms with Crippen molar-refractivity contribution in [3.8, 4) is 0 Å². The number of Topliss-reactive ketones (excluding diaryl/α,β-unsaturated/α-hetero) is 3. The third-order valence-corrected chi connectivity index (χ3v) is 8.90. The number of rotatable bonds is 1. The summed E-state index contributed by atoms with van der Waals surface area (Å²) in [5, 5.41) is 11.1. The molecule has 0 aliphatic heterocycles. The van der Waals surface area contributed by atoms with Crippen molar-refractivity contribution in [1.82, 2.24) is 0 Å². The van der Waals surface area contributed by atoms with E-state index in [2.05, 4.69) is 6.92 Å². The molecule has 0 aromatic rings. The van der Waals surface area contributed by atoms with Gasteiger partial charge in [-0.1, -0.05) is 13.8 Å². The van der Waals surface area contributed by atoms with E-state index in [1.54, 1.807) is 0 Å². The number of carbonyl (C=O) groups is 3. The molecule has 25 heavy (non-hydrogen) atoms. The molecule has 4 saturated carbocycles. The number of hydrogen-bond acceptors (Lipinski definition) is 4. The van der Waals surface area contributed by atoms with Crippen LogP contribution in [0, 0.1) is 34.5 Å². The average Bonchev–Trinajstić information content (AvgIpc) is 2.80. The second kappa shape index (κ2) is 5.25. The van der Waals surface area contributed by atoms with Gasteiger partial charge >= 0.3 is 0 Å². The van der Waals surface area contributed by atoms with Crippen LogP contribution in [0.3, 0.4) is 0 Å². The van der Waals surface area contributed by atoms with E-state index < -0.39 is 11.0 Å². The van der Waals surface area contributed by atoms with Crippen molar-refractivity contribution in [2.75, 3.05) is 0 Å². The highest BCUT2D eigenvalue weighted by atomic mass is 16.3. The predicted octanol–water partition coefficient (Wildman–Crippen LogP) is 3.10. The lowest BCUT2D eigenvalue weighted by Gasteiger charge is -2.59. The number of ketones is 3. The first kappa shape index (κ1) is 17.4. The van der Waals surface area contributed by atoms with Crippen molar-refractivity contribution in [3.63, 3.8) is 0 Å². The van der Waals surface area contributed by atoms with Gasteiger partial charge in [0.15, 0.2) is 5.78 Å². The zero-order valence-corrected chi connectivity index (χ0v) is 15.6. The fraction of sp³-hybridized carbons (Fsp3) is 0.857. The third-order valence-electron chi connectivity index (χ3n) is 8.90. The van der Waals surface area contributed by atoms with Crippen LogP contribution in [-0.2, 0) is 14.4 Å². The molecular formula is C21H30O4. The third kappa shape index (κ3) is 2.06. The number of hydrogen-bond donors (Lipinski definition) is 1. The van der Waals surface area contributed by atoms with Gasteiger partial charge in [-0.25, -0.2) is 0 Å². The molecular weight excluding hydrogens is 316 g/mol. The van der Waals surface area contributed by atoms with Crippen molar-refractivity contribution >= 4 is 17.3 Å². The second-order valence-electron chi connectivity index (χ2n) is 9.79. The van der Waals surface area contributed by atoms with E-state index in [-0.39, 0.29) is 34.7 Å². The Hall–Kier alpha value is -1.03. The van der Waals surface area contributed by atoms with E-state index in [9.17, 15) is 19.5 Å². The van der Waals surface area contributed by atoms with Crippen LogP contribution in [0.2, 0.25) is 0 Å². The lowest BCUT2D eigenvalue weighted by molar-refractivity contribution is -0.176. The minimum Gasteiger partial charge on any atom is -0.381 e. The maximum Gasteiger partial charge on any atom is 0.161 e. The quantitative estimate of drug-likeness (QED) is 0.792. The Morgan fingerprint density at radius 3 is 2.52 bits per heavy atom. The van der Waals surface area contributed by atoms with E-state index in [1.165, 1.54) is 6.92 Å². The minimum absolute atomic E-state index is 0.00623. The van der Waals surface area contributed by atoms with Crippen LogP contribution in [0.1, 0.15) is 72.1 Å². The summed E-state index contributed by atoms with van der Waals surface area (Å²) < 4.78 is 0. The Morgan fingerprint density at radius 1 is 1.12 bits per heavy atom. The van der Waals surface area contributed by atoms with E-state index >= 15 is 0 Å².